The second-order valence-corrected chi connectivity index (χ2v) is 5.07. The average Bonchev–Trinajstić information content (AvgIpc) is 2.55. The van der Waals surface area contributed by atoms with Gasteiger partial charge in [0.1, 0.15) is 0 Å². The molecule has 0 saturated heterocycles. The first-order valence-electron chi connectivity index (χ1n) is 7.29. The van der Waals surface area contributed by atoms with Crippen molar-refractivity contribution in [3.8, 4) is 0 Å². The van der Waals surface area contributed by atoms with Crippen LogP contribution in [0.25, 0.3) is 5.57 Å². The van der Waals surface area contributed by atoms with E-state index in [2.05, 4.69) is 4.98 Å². The first kappa shape index (κ1) is 17.7. The minimum atomic E-state index is -4.41. The van der Waals surface area contributed by atoms with Gasteiger partial charge in [0.15, 0.2) is 0 Å². The second-order valence-electron chi connectivity index (χ2n) is 5.07. The van der Waals surface area contributed by atoms with E-state index in [-0.39, 0.29) is 6.61 Å². The Morgan fingerprint density at radius 1 is 1.21 bits per heavy atom. The van der Waals surface area contributed by atoms with E-state index in [1.165, 1.54) is 13.0 Å². The topological polar surface area (TPSA) is 39.2 Å². The van der Waals surface area contributed by atoms with Crippen LogP contribution in [0.2, 0.25) is 0 Å². The molecule has 0 amide bonds. The zero-order chi connectivity index (χ0) is 17.6. The van der Waals surface area contributed by atoms with Gasteiger partial charge in [-0.25, -0.2) is 0 Å². The molecule has 0 radical (unpaired) electrons. The van der Waals surface area contributed by atoms with E-state index in [4.69, 9.17) is 4.74 Å². The van der Waals surface area contributed by atoms with Crippen LogP contribution in [0.1, 0.15) is 30.0 Å². The standard InChI is InChI=1S/C18H16F3NO2/c1-13(23)24-10-4-8-17(15-6-3-9-22-12-15)14-5-2-7-16(11-14)18(19,20)21/h2-3,5-9,11-12H,4,10H2,1H3. The Bertz CT molecular complexity index is 725. The first-order valence-corrected chi connectivity index (χ1v) is 7.29. The van der Waals surface area contributed by atoms with Gasteiger partial charge >= 0.3 is 12.1 Å². The molecule has 24 heavy (non-hydrogen) atoms. The lowest BCUT2D eigenvalue weighted by atomic mass is 9.96. The predicted octanol–water partition coefficient (Wildman–Crippen LogP) is 4.49. The summed E-state index contributed by atoms with van der Waals surface area (Å²) in [5, 5.41) is 0. The molecule has 0 bridgehead atoms. The highest BCUT2D eigenvalue weighted by molar-refractivity contribution is 5.79. The van der Waals surface area contributed by atoms with E-state index in [0.29, 0.717) is 23.1 Å². The summed E-state index contributed by atoms with van der Waals surface area (Å²) < 4.78 is 43.7. The monoisotopic (exact) mass is 335 g/mol. The molecule has 0 atom stereocenters. The maximum Gasteiger partial charge on any atom is 0.416 e. The zero-order valence-electron chi connectivity index (χ0n) is 13.0. The third kappa shape index (κ3) is 4.94. The molecule has 0 fully saturated rings. The van der Waals surface area contributed by atoms with Crippen LogP contribution in [0.4, 0.5) is 13.2 Å². The third-order valence-electron chi connectivity index (χ3n) is 3.25. The number of halogens is 3. The summed E-state index contributed by atoms with van der Waals surface area (Å²) in [4.78, 5) is 14.8. The molecule has 0 unspecified atom stereocenters. The number of nitrogens with zero attached hydrogens (tertiary/aromatic N) is 1. The minimum Gasteiger partial charge on any atom is -0.466 e. The number of pyridine rings is 1. The van der Waals surface area contributed by atoms with Crippen LogP contribution >= 0.6 is 0 Å². The normalized spacial score (nSPS) is 12.1. The number of hydrogen-bond donors (Lipinski definition) is 0. The quantitative estimate of drug-likeness (QED) is 0.597. The fourth-order valence-electron chi connectivity index (χ4n) is 2.19. The number of alkyl halides is 3. The van der Waals surface area contributed by atoms with Gasteiger partial charge in [-0.2, -0.15) is 13.2 Å². The van der Waals surface area contributed by atoms with Gasteiger partial charge in [-0.1, -0.05) is 24.3 Å². The summed E-state index contributed by atoms with van der Waals surface area (Å²) in [5.74, 6) is -0.398. The maximum atomic E-state index is 12.9. The van der Waals surface area contributed by atoms with Crippen molar-refractivity contribution in [1.29, 1.82) is 0 Å². The van der Waals surface area contributed by atoms with Crippen LogP contribution in [0, 0.1) is 0 Å². The third-order valence-corrected chi connectivity index (χ3v) is 3.25. The van der Waals surface area contributed by atoms with Gasteiger partial charge in [-0.15, -0.1) is 0 Å². The molecule has 2 rings (SSSR count). The lowest BCUT2D eigenvalue weighted by Gasteiger charge is -2.12. The van der Waals surface area contributed by atoms with Crippen LogP contribution in [0.3, 0.4) is 0 Å². The van der Waals surface area contributed by atoms with Crippen molar-refractivity contribution in [2.45, 2.75) is 19.5 Å². The van der Waals surface area contributed by atoms with E-state index < -0.39 is 17.7 Å². The average molecular weight is 335 g/mol. The molecule has 6 heteroatoms. The Kier molecular flexibility index (Phi) is 5.73. The lowest BCUT2D eigenvalue weighted by molar-refractivity contribution is -0.141. The summed E-state index contributed by atoms with van der Waals surface area (Å²) in [7, 11) is 0. The van der Waals surface area contributed by atoms with Gasteiger partial charge in [0.2, 0.25) is 0 Å². The lowest BCUT2D eigenvalue weighted by Crippen LogP contribution is -2.05. The molecule has 1 aromatic heterocycles. The summed E-state index contributed by atoms with van der Waals surface area (Å²) >= 11 is 0. The van der Waals surface area contributed by atoms with Crippen molar-refractivity contribution in [3.63, 3.8) is 0 Å². The first-order chi connectivity index (χ1) is 11.4. The largest absolute Gasteiger partial charge is 0.466 e. The molecule has 1 aromatic carbocycles. The number of hydrogen-bond acceptors (Lipinski definition) is 3. The summed E-state index contributed by atoms with van der Waals surface area (Å²) in [6.45, 7) is 1.47. The number of benzene rings is 1. The van der Waals surface area contributed by atoms with Crippen molar-refractivity contribution in [2.75, 3.05) is 6.61 Å². The van der Waals surface area contributed by atoms with Crippen LogP contribution in [-0.2, 0) is 15.7 Å². The number of ether oxygens (including phenoxy) is 1. The van der Waals surface area contributed by atoms with Crippen LogP contribution in [0.5, 0.6) is 0 Å². The van der Waals surface area contributed by atoms with E-state index in [9.17, 15) is 18.0 Å². The molecule has 126 valence electrons. The van der Waals surface area contributed by atoms with E-state index >= 15 is 0 Å². The van der Waals surface area contributed by atoms with Crippen molar-refractivity contribution in [2.24, 2.45) is 0 Å². The van der Waals surface area contributed by atoms with Gasteiger partial charge in [-0.05, 0) is 29.3 Å². The molecule has 0 saturated carbocycles. The van der Waals surface area contributed by atoms with Crippen LogP contribution < -0.4 is 0 Å². The molecule has 0 aliphatic rings. The Balaban J connectivity index is 2.36. The summed E-state index contributed by atoms with van der Waals surface area (Å²) in [6, 6.07) is 8.59. The van der Waals surface area contributed by atoms with E-state index in [1.54, 1.807) is 36.7 Å². The second kappa shape index (κ2) is 7.77. The minimum absolute atomic E-state index is 0.165. The van der Waals surface area contributed by atoms with Crippen molar-refractivity contribution in [3.05, 3.63) is 71.6 Å². The van der Waals surface area contributed by atoms with Gasteiger partial charge in [0, 0.05) is 31.3 Å². The highest BCUT2D eigenvalue weighted by Crippen LogP contribution is 2.32. The van der Waals surface area contributed by atoms with Crippen LogP contribution in [0.15, 0.2) is 54.9 Å². The Labute approximate surface area is 137 Å². The van der Waals surface area contributed by atoms with Gasteiger partial charge < -0.3 is 4.74 Å². The Hall–Kier alpha value is -2.63. The molecule has 1 heterocycles. The molecule has 0 aliphatic carbocycles. The number of carbonyl (C=O) groups is 1. The Morgan fingerprint density at radius 2 is 1.96 bits per heavy atom. The molecular formula is C18H16F3NO2. The number of carbonyl (C=O) groups excluding carboxylic acids is 1. The molecule has 0 aliphatic heterocycles. The molecule has 3 nitrogen and oxygen atoms in total. The van der Waals surface area contributed by atoms with Crippen LogP contribution in [-0.4, -0.2) is 17.6 Å². The summed E-state index contributed by atoms with van der Waals surface area (Å²) in [6.07, 6.45) is 0.896. The summed E-state index contributed by atoms with van der Waals surface area (Å²) in [5.41, 5.74) is 1.02. The van der Waals surface area contributed by atoms with E-state index in [0.717, 1.165) is 12.1 Å². The van der Waals surface area contributed by atoms with Crippen molar-refractivity contribution in [1.82, 2.24) is 4.98 Å². The van der Waals surface area contributed by atoms with Gasteiger partial charge in [0.05, 0.1) is 12.2 Å². The van der Waals surface area contributed by atoms with Crippen molar-refractivity contribution >= 4 is 11.5 Å². The van der Waals surface area contributed by atoms with E-state index in [1.807, 2.05) is 0 Å². The molecule has 0 spiro atoms. The highest BCUT2D eigenvalue weighted by Gasteiger charge is 2.30. The Morgan fingerprint density at radius 3 is 2.58 bits per heavy atom. The molecule has 2 aromatic rings. The molecular weight excluding hydrogens is 319 g/mol. The molecule has 0 N–H and O–H groups in total. The predicted molar refractivity (Wildman–Crippen MR) is 84.0 cm³/mol. The van der Waals surface area contributed by atoms with Gasteiger partial charge in [0.25, 0.3) is 0 Å². The van der Waals surface area contributed by atoms with Gasteiger partial charge in [-0.3, -0.25) is 9.78 Å². The maximum absolute atomic E-state index is 12.9. The number of rotatable bonds is 5. The number of aromatic nitrogens is 1. The highest BCUT2D eigenvalue weighted by atomic mass is 19.4. The smallest absolute Gasteiger partial charge is 0.416 e. The zero-order valence-corrected chi connectivity index (χ0v) is 13.0. The van der Waals surface area contributed by atoms with Crippen molar-refractivity contribution < 1.29 is 22.7 Å². The SMILES string of the molecule is CC(=O)OCCC=C(c1cccnc1)c1cccc(C(F)(F)F)c1. The number of esters is 1. The fraction of sp³-hybridized carbons (Fsp3) is 0.222. The fourth-order valence-corrected chi connectivity index (χ4v) is 2.19.